The summed E-state index contributed by atoms with van der Waals surface area (Å²) >= 11 is 0. The van der Waals surface area contributed by atoms with Gasteiger partial charge in [0.05, 0.1) is 16.6 Å². The van der Waals surface area contributed by atoms with Gasteiger partial charge < -0.3 is 20.7 Å². The molecule has 118 valence electrons. The Labute approximate surface area is 132 Å². The second-order valence-corrected chi connectivity index (χ2v) is 5.27. The Morgan fingerprint density at radius 3 is 2.78 bits per heavy atom. The van der Waals surface area contributed by atoms with Crippen molar-refractivity contribution in [2.45, 2.75) is 0 Å². The number of carbonyl (C=O) groups excluding carboxylic acids is 1. The number of aromatic nitrogens is 1. The zero-order chi connectivity index (χ0) is 16.4. The minimum atomic E-state index is -0.236. The highest BCUT2D eigenvalue weighted by Gasteiger charge is 2.13. The van der Waals surface area contributed by atoms with Gasteiger partial charge in [-0.25, -0.2) is 0 Å². The van der Waals surface area contributed by atoms with Gasteiger partial charge in [0.2, 0.25) is 0 Å². The lowest BCUT2D eigenvalue weighted by Crippen LogP contribution is -2.30. The van der Waals surface area contributed by atoms with E-state index in [1.54, 1.807) is 24.3 Å². The maximum absolute atomic E-state index is 12.6. The highest BCUT2D eigenvalue weighted by Crippen LogP contribution is 2.21. The quantitative estimate of drug-likeness (QED) is 0.432. The Morgan fingerprint density at radius 1 is 1.17 bits per heavy atom. The number of aromatic hydroxyl groups is 1. The molecule has 4 N–H and O–H groups in total. The molecule has 0 saturated heterocycles. The van der Waals surface area contributed by atoms with Gasteiger partial charge in [0.15, 0.2) is 5.43 Å². The number of carbonyl (C=O) groups is 1. The molecule has 0 aliphatic rings. The average molecular weight is 311 g/mol. The van der Waals surface area contributed by atoms with Gasteiger partial charge in [0.1, 0.15) is 5.75 Å². The number of phenolic OH excluding ortho intramolecular Hbond substituents is 1. The number of phenols is 1. The van der Waals surface area contributed by atoms with Crippen molar-refractivity contribution < 1.29 is 9.90 Å². The molecule has 3 rings (SSSR count). The summed E-state index contributed by atoms with van der Waals surface area (Å²) in [5, 5.41) is 16.1. The Morgan fingerprint density at radius 2 is 2.00 bits per heavy atom. The lowest BCUT2D eigenvalue weighted by Gasteiger charge is -2.09. The van der Waals surface area contributed by atoms with Gasteiger partial charge in [0.25, 0.3) is 5.91 Å². The predicted octanol–water partition coefficient (Wildman–Crippen LogP) is 1.34. The number of hydrogen-bond acceptors (Lipinski definition) is 4. The summed E-state index contributed by atoms with van der Waals surface area (Å²) in [5.41, 5.74) is 1.29. The molecule has 6 nitrogen and oxygen atoms in total. The third-order valence-corrected chi connectivity index (χ3v) is 3.72. The molecule has 1 aromatic heterocycles. The molecule has 23 heavy (non-hydrogen) atoms. The number of para-hydroxylation sites is 1. The van der Waals surface area contributed by atoms with Gasteiger partial charge in [-0.2, -0.15) is 0 Å². The summed E-state index contributed by atoms with van der Waals surface area (Å²) in [6.07, 6.45) is 0. The Bertz CT molecular complexity index is 947. The molecule has 1 amide bonds. The van der Waals surface area contributed by atoms with Crippen LogP contribution in [0.15, 0.2) is 41.2 Å². The SMILES string of the molecule is CNCCNC(=O)c1cccc2c(=O)c3cc(O)ccc3[nH]c12. The van der Waals surface area contributed by atoms with Crippen LogP contribution in [0.3, 0.4) is 0 Å². The highest BCUT2D eigenvalue weighted by atomic mass is 16.3. The first kappa shape index (κ1) is 15.1. The Kier molecular flexibility index (Phi) is 3.99. The molecule has 1 heterocycles. The van der Waals surface area contributed by atoms with Crippen LogP contribution in [-0.2, 0) is 0 Å². The molecule has 0 aliphatic heterocycles. The number of aromatic amines is 1. The van der Waals surface area contributed by atoms with Crippen LogP contribution < -0.4 is 16.1 Å². The van der Waals surface area contributed by atoms with Crippen molar-refractivity contribution in [2.75, 3.05) is 20.1 Å². The average Bonchev–Trinajstić information content (AvgIpc) is 2.55. The first-order valence-electron chi connectivity index (χ1n) is 7.32. The standard InChI is InChI=1S/C17H17N3O3/c1-18-7-8-19-17(23)12-4-2-3-11-15(12)20-14-6-5-10(21)9-13(14)16(11)22/h2-6,9,18,21H,7-8H2,1H3,(H,19,23)(H,20,22). The van der Waals surface area contributed by atoms with E-state index in [2.05, 4.69) is 15.6 Å². The monoisotopic (exact) mass is 311 g/mol. The summed E-state index contributed by atoms with van der Waals surface area (Å²) < 4.78 is 0. The van der Waals surface area contributed by atoms with Crippen molar-refractivity contribution in [1.29, 1.82) is 0 Å². The van der Waals surface area contributed by atoms with Gasteiger partial charge in [-0.3, -0.25) is 9.59 Å². The van der Waals surface area contributed by atoms with Crippen LogP contribution >= 0.6 is 0 Å². The molecule has 2 aromatic carbocycles. The summed E-state index contributed by atoms with van der Waals surface area (Å²) in [6, 6.07) is 9.58. The minimum Gasteiger partial charge on any atom is -0.508 e. The Balaban J connectivity index is 2.17. The van der Waals surface area contributed by atoms with Crippen LogP contribution in [0.1, 0.15) is 10.4 Å². The largest absolute Gasteiger partial charge is 0.508 e. The van der Waals surface area contributed by atoms with Crippen molar-refractivity contribution >= 4 is 27.7 Å². The van der Waals surface area contributed by atoms with Gasteiger partial charge >= 0.3 is 0 Å². The molecule has 0 spiro atoms. The van der Waals surface area contributed by atoms with Crippen LogP contribution in [0.2, 0.25) is 0 Å². The van der Waals surface area contributed by atoms with Crippen LogP contribution in [0.5, 0.6) is 5.75 Å². The van der Waals surface area contributed by atoms with Crippen molar-refractivity contribution in [2.24, 2.45) is 0 Å². The van der Waals surface area contributed by atoms with Crippen molar-refractivity contribution in [3.8, 4) is 5.75 Å². The lowest BCUT2D eigenvalue weighted by atomic mass is 10.1. The fourth-order valence-electron chi connectivity index (χ4n) is 2.57. The van der Waals surface area contributed by atoms with E-state index in [1.165, 1.54) is 12.1 Å². The number of H-pyrrole nitrogens is 1. The summed E-state index contributed by atoms with van der Waals surface area (Å²) in [7, 11) is 1.81. The highest BCUT2D eigenvalue weighted by molar-refractivity contribution is 6.07. The van der Waals surface area contributed by atoms with Gasteiger partial charge in [-0.05, 0) is 37.4 Å². The zero-order valence-corrected chi connectivity index (χ0v) is 12.6. The third kappa shape index (κ3) is 2.76. The zero-order valence-electron chi connectivity index (χ0n) is 12.6. The summed E-state index contributed by atoms with van der Waals surface area (Å²) in [5.74, 6) is -0.206. The van der Waals surface area contributed by atoms with E-state index in [9.17, 15) is 14.7 Å². The first-order chi connectivity index (χ1) is 11.1. The van der Waals surface area contributed by atoms with Crippen LogP contribution in [-0.4, -0.2) is 36.1 Å². The number of rotatable bonds is 4. The minimum absolute atomic E-state index is 0.0308. The van der Waals surface area contributed by atoms with Crippen molar-refractivity contribution in [3.63, 3.8) is 0 Å². The fraction of sp³-hybridized carbons (Fsp3) is 0.176. The molecular formula is C17H17N3O3. The second kappa shape index (κ2) is 6.10. The van der Waals surface area contributed by atoms with Crippen LogP contribution in [0.4, 0.5) is 0 Å². The summed E-state index contributed by atoms with van der Waals surface area (Å²) in [6.45, 7) is 1.16. The molecule has 3 aromatic rings. The number of hydrogen-bond donors (Lipinski definition) is 4. The van der Waals surface area contributed by atoms with Gasteiger partial charge in [0, 0.05) is 23.9 Å². The number of nitrogens with one attached hydrogen (secondary N) is 3. The van der Waals surface area contributed by atoms with Gasteiger partial charge in [-0.1, -0.05) is 6.07 Å². The topological polar surface area (TPSA) is 94.2 Å². The molecule has 0 aliphatic carbocycles. The van der Waals surface area contributed by atoms with Crippen LogP contribution in [0, 0.1) is 0 Å². The molecule has 0 fully saturated rings. The molecular weight excluding hydrogens is 294 g/mol. The van der Waals surface area contributed by atoms with E-state index in [0.717, 1.165) is 0 Å². The fourth-order valence-corrected chi connectivity index (χ4v) is 2.57. The third-order valence-electron chi connectivity index (χ3n) is 3.72. The molecule has 6 heteroatoms. The lowest BCUT2D eigenvalue weighted by molar-refractivity contribution is 0.0955. The number of fused-ring (bicyclic) bond motifs is 2. The first-order valence-corrected chi connectivity index (χ1v) is 7.32. The van der Waals surface area contributed by atoms with E-state index in [-0.39, 0.29) is 17.1 Å². The van der Waals surface area contributed by atoms with Crippen molar-refractivity contribution in [1.82, 2.24) is 15.6 Å². The molecule has 0 radical (unpaired) electrons. The molecule has 0 unspecified atom stereocenters. The molecule has 0 saturated carbocycles. The normalized spacial score (nSPS) is 11.0. The van der Waals surface area contributed by atoms with E-state index >= 15 is 0 Å². The van der Waals surface area contributed by atoms with E-state index in [1.807, 2.05) is 7.05 Å². The maximum Gasteiger partial charge on any atom is 0.253 e. The number of benzene rings is 2. The Hall–Kier alpha value is -2.86. The number of likely N-dealkylation sites (N-methyl/N-ethyl adjacent to an activating group) is 1. The molecule has 0 atom stereocenters. The molecule has 0 bridgehead atoms. The van der Waals surface area contributed by atoms with Crippen molar-refractivity contribution in [3.05, 3.63) is 52.2 Å². The summed E-state index contributed by atoms with van der Waals surface area (Å²) in [4.78, 5) is 28.1. The second-order valence-electron chi connectivity index (χ2n) is 5.27. The van der Waals surface area contributed by atoms with E-state index in [4.69, 9.17) is 0 Å². The number of pyridine rings is 1. The van der Waals surface area contributed by atoms with Crippen LogP contribution in [0.25, 0.3) is 21.8 Å². The van der Waals surface area contributed by atoms with E-state index in [0.29, 0.717) is 40.5 Å². The maximum atomic E-state index is 12.6. The number of amides is 1. The van der Waals surface area contributed by atoms with E-state index < -0.39 is 0 Å². The van der Waals surface area contributed by atoms with Gasteiger partial charge in [-0.15, -0.1) is 0 Å². The predicted molar refractivity (Wildman–Crippen MR) is 90.0 cm³/mol. The smallest absolute Gasteiger partial charge is 0.253 e.